The Morgan fingerprint density at radius 3 is 2.53 bits per heavy atom. The van der Waals surface area contributed by atoms with Crippen LogP contribution >= 0.6 is 0 Å². The van der Waals surface area contributed by atoms with Crippen molar-refractivity contribution >= 4 is 5.57 Å². The maximum absolute atomic E-state index is 5.14. The van der Waals surface area contributed by atoms with Crippen LogP contribution < -0.4 is 10.6 Å². The van der Waals surface area contributed by atoms with Crippen LogP contribution in [0.5, 0.6) is 0 Å². The lowest BCUT2D eigenvalue weighted by atomic mass is 9.73. The molecule has 0 bridgehead atoms. The first-order chi connectivity index (χ1) is 9.40. The highest BCUT2D eigenvalue weighted by molar-refractivity contribution is 5.63. The molecule has 1 heterocycles. The normalized spacial score (nSPS) is 24.5. The van der Waals surface area contributed by atoms with Crippen LogP contribution in [0.1, 0.15) is 31.2 Å². The van der Waals surface area contributed by atoms with Crippen LogP contribution in [0.15, 0.2) is 59.6 Å². The van der Waals surface area contributed by atoms with Crippen LogP contribution in [0.3, 0.4) is 0 Å². The van der Waals surface area contributed by atoms with E-state index in [1.165, 1.54) is 35.4 Å². The molecule has 2 aromatic carbocycles. The Labute approximate surface area is 113 Å². The summed E-state index contributed by atoms with van der Waals surface area (Å²) in [5, 5.41) is 2.56. The highest BCUT2D eigenvalue weighted by Crippen LogP contribution is 2.45. The fourth-order valence-corrected chi connectivity index (χ4v) is 3.65. The van der Waals surface area contributed by atoms with Gasteiger partial charge in [-0.3, -0.25) is 4.99 Å². The fourth-order valence-electron chi connectivity index (χ4n) is 3.65. The second-order valence-electron chi connectivity index (χ2n) is 5.54. The number of benzene rings is 2. The van der Waals surface area contributed by atoms with Gasteiger partial charge in [0.15, 0.2) is 0 Å². The maximum Gasteiger partial charge on any atom is 0.108 e. The molecular weight excluding hydrogens is 230 g/mol. The van der Waals surface area contributed by atoms with Gasteiger partial charge in [0.05, 0.1) is 5.36 Å². The van der Waals surface area contributed by atoms with Crippen molar-refractivity contribution in [3.05, 3.63) is 70.7 Å². The summed E-state index contributed by atoms with van der Waals surface area (Å²) in [5.74, 6) is 0. The van der Waals surface area contributed by atoms with Gasteiger partial charge in [-0.2, -0.15) is 0 Å². The molecule has 1 nitrogen and oxygen atoms in total. The molecular formula is C18H17N. The van der Waals surface area contributed by atoms with E-state index in [0.29, 0.717) is 0 Å². The summed E-state index contributed by atoms with van der Waals surface area (Å²) < 4.78 is 0. The Kier molecular flexibility index (Phi) is 2.34. The first kappa shape index (κ1) is 11.0. The van der Waals surface area contributed by atoms with Gasteiger partial charge < -0.3 is 0 Å². The van der Waals surface area contributed by atoms with Gasteiger partial charge in [0, 0.05) is 5.22 Å². The first-order valence-electron chi connectivity index (χ1n) is 7.14. The van der Waals surface area contributed by atoms with E-state index in [2.05, 4.69) is 54.6 Å². The molecule has 1 atom stereocenters. The van der Waals surface area contributed by atoms with E-state index in [9.17, 15) is 0 Å². The zero-order chi connectivity index (χ0) is 12.7. The molecule has 1 aliphatic heterocycles. The lowest BCUT2D eigenvalue weighted by Crippen LogP contribution is -2.29. The van der Waals surface area contributed by atoms with Crippen LogP contribution in [0.4, 0.5) is 0 Å². The van der Waals surface area contributed by atoms with E-state index in [1.54, 1.807) is 5.57 Å². The molecule has 0 amide bonds. The third-order valence-electron chi connectivity index (χ3n) is 4.51. The van der Waals surface area contributed by atoms with Gasteiger partial charge in [-0.15, -0.1) is 0 Å². The topological polar surface area (TPSA) is 12.4 Å². The smallest absolute Gasteiger partial charge is 0.108 e. The zero-order valence-electron chi connectivity index (χ0n) is 11.0. The van der Waals surface area contributed by atoms with E-state index in [1.807, 2.05) is 0 Å². The number of hydrogen-bond acceptors (Lipinski definition) is 1. The molecule has 1 fully saturated rings. The van der Waals surface area contributed by atoms with Crippen molar-refractivity contribution < 1.29 is 0 Å². The highest BCUT2D eigenvalue weighted by atomic mass is 14.9. The molecule has 19 heavy (non-hydrogen) atoms. The van der Waals surface area contributed by atoms with Gasteiger partial charge in [0.2, 0.25) is 0 Å². The summed E-state index contributed by atoms with van der Waals surface area (Å²) in [4.78, 5) is 5.14. The minimum Gasteiger partial charge on any atom is -0.269 e. The van der Waals surface area contributed by atoms with E-state index in [0.717, 1.165) is 6.42 Å². The largest absolute Gasteiger partial charge is 0.269 e. The van der Waals surface area contributed by atoms with Crippen molar-refractivity contribution in [3.8, 4) is 0 Å². The SMILES string of the molecule is c1ccc(C23CCCCC2=c2ccccc2=N3)cc1. The van der Waals surface area contributed by atoms with Crippen LogP contribution in [0.25, 0.3) is 5.57 Å². The molecule has 2 aromatic rings. The number of nitrogens with zero attached hydrogens (tertiary/aromatic N) is 1. The Morgan fingerprint density at radius 1 is 0.842 bits per heavy atom. The average molecular weight is 247 g/mol. The molecule has 94 valence electrons. The summed E-state index contributed by atoms with van der Waals surface area (Å²) in [6.07, 6.45) is 4.92. The van der Waals surface area contributed by atoms with Gasteiger partial charge >= 0.3 is 0 Å². The van der Waals surface area contributed by atoms with E-state index >= 15 is 0 Å². The molecule has 0 radical (unpaired) electrons. The molecule has 0 saturated heterocycles. The van der Waals surface area contributed by atoms with Crippen LogP contribution in [-0.2, 0) is 5.54 Å². The molecule has 4 rings (SSSR count). The number of rotatable bonds is 1. The minimum atomic E-state index is -0.0663. The summed E-state index contributed by atoms with van der Waals surface area (Å²) in [7, 11) is 0. The third kappa shape index (κ3) is 1.51. The van der Waals surface area contributed by atoms with Gasteiger partial charge in [-0.25, -0.2) is 0 Å². The van der Waals surface area contributed by atoms with E-state index < -0.39 is 0 Å². The van der Waals surface area contributed by atoms with Gasteiger partial charge in [0.25, 0.3) is 0 Å². The number of para-hydroxylation sites is 1. The fraction of sp³-hybridized carbons (Fsp3) is 0.278. The van der Waals surface area contributed by atoms with Crippen LogP contribution in [0.2, 0.25) is 0 Å². The quantitative estimate of drug-likeness (QED) is 0.734. The number of fused-ring (bicyclic) bond motifs is 2. The molecule has 1 unspecified atom stereocenters. The first-order valence-corrected chi connectivity index (χ1v) is 7.14. The standard InChI is InChI=1S/C18H17N/c1-2-8-14(9-3-1)18-13-7-6-11-16(18)15-10-4-5-12-17(15)19-18/h1-5,8-10,12H,6-7,11,13H2. The van der Waals surface area contributed by atoms with E-state index in [-0.39, 0.29) is 5.54 Å². The molecule has 2 aliphatic rings. The third-order valence-corrected chi connectivity index (χ3v) is 4.51. The van der Waals surface area contributed by atoms with Crippen molar-refractivity contribution in [2.24, 2.45) is 4.99 Å². The lowest BCUT2D eigenvalue weighted by Gasteiger charge is -2.34. The summed E-state index contributed by atoms with van der Waals surface area (Å²) in [5.41, 5.74) is 2.84. The average Bonchev–Trinajstić information content (AvgIpc) is 2.84. The molecule has 0 spiro atoms. The second kappa shape index (κ2) is 4.06. The van der Waals surface area contributed by atoms with E-state index in [4.69, 9.17) is 4.99 Å². The Hall–Kier alpha value is -1.89. The van der Waals surface area contributed by atoms with Crippen LogP contribution in [-0.4, -0.2) is 0 Å². The summed E-state index contributed by atoms with van der Waals surface area (Å²) in [6, 6.07) is 19.5. The van der Waals surface area contributed by atoms with Crippen molar-refractivity contribution in [1.29, 1.82) is 0 Å². The Morgan fingerprint density at radius 2 is 1.63 bits per heavy atom. The minimum absolute atomic E-state index is 0.0663. The Bertz CT molecular complexity index is 730. The van der Waals surface area contributed by atoms with Crippen molar-refractivity contribution in [3.63, 3.8) is 0 Å². The van der Waals surface area contributed by atoms with Crippen LogP contribution in [0, 0.1) is 0 Å². The monoisotopic (exact) mass is 247 g/mol. The van der Waals surface area contributed by atoms with Gasteiger partial charge in [0.1, 0.15) is 5.54 Å². The van der Waals surface area contributed by atoms with Crippen molar-refractivity contribution in [1.82, 2.24) is 0 Å². The number of hydrogen-bond donors (Lipinski definition) is 0. The molecule has 0 N–H and O–H groups in total. The highest BCUT2D eigenvalue weighted by Gasteiger charge is 2.40. The molecule has 1 aliphatic carbocycles. The van der Waals surface area contributed by atoms with Gasteiger partial charge in [-0.05, 0) is 36.5 Å². The van der Waals surface area contributed by atoms with Crippen molar-refractivity contribution in [2.45, 2.75) is 31.2 Å². The van der Waals surface area contributed by atoms with Crippen molar-refractivity contribution in [2.75, 3.05) is 0 Å². The predicted octanol–water partition coefficient (Wildman–Crippen LogP) is 2.94. The Balaban J connectivity index is 2.04. The molecule has 1 saturated carbocycles. The summed E-state index contributed by atoms with van der Waals surface area (Å²) in [6.45, 7) is 0. The second-order valence-corrected chi connectivity index (χ2v) is 5.54. The lowest BCUT2D eigenvalue weighted by molar-refractivity contribution is 0.446. The molecule has 1 heteroatoms. The maximum atomic E-state index is 5.14. The summed E-state index contributed by atoms with van der Waals surface area (Å²) >= 11 is 0. The zero-order valence-corrected chi connectivity index (χ0v) is 11.0. The predicted molar refractivity (Wildman–Crippen MR) is 77.2 cm³/mol. The van der Waals surface area contributed by atoms with Gasteiger partial charge in [-0.1, -0.05) is 55.0 Å². The molecule has 0 aromatic heterocycles.